The third kappa shape index (κ3) is 4.57. The second-order valence-corrected chi connectivity index (χ2v) is 7.83. The molecular formula is C23H24BrNO5. The molecule has 1 atom stereocenters. The molecule has 0 spiro atoms. The van der Waals surface area contributed by atoms with E-state index in [1.807, 2.05) is 31.2 Å². The molecule has 0 radical (unpaired) electrons. The first-order valence-electron chi connectivity index (χ1n) is 9.74. The lowest BCUT2D eigenvalue weighted by atomic mass is 9.95. The van der Waals surface area contributed by atoms with E-state index in [9.17, 15) is 14.7 Å². The molecule has 158 valence electrons. The van der Waals surface area contributed by atoms with Crippen LogP contribution in [0.3, 0.4) is 0 Å². The van der Waals surface area contributed by atoms with Gasteiger partial charge in [0.15, 0.2) is 0 Å². The summed E-state index contributed by atoms with van der Waals surface area (Å²) in [5.41, 5.74) is 1.22. The minimum absolute atomic E-state index is 0.0612. The Morgan fingerprint density at radius 3 is 2.53 bits per heavy atom. The number of rotatable bonds is 8. The molecule has 3 rings (SSSR count). The number of aliphatic hydroxyl groups is 1. The molecule has 30 heavy (non-hydrogen) atoms. The van der Waals surface area contributed by atoms with Crippen molar-refractivity contribution in [2.75, 3.05) is 26.9 Å². The Kier molecular flexibility index (Phi) is 7.29. The number of Topliss-reactive ketones (excluding diaryl/α,β-unsaturated/α-hetero) is 1. The maximum absolute atomic E-state index is 12.9. The zero-order chi connectivity index (χ0) is 21.7. The molecule has 7 heteroatoms. The molecule has 1 saturated heterocycles. The summed E-state index contributed by atoms with van der Waals surface area (Å²) in [6.45, 7) is 3.06. The number of likely N-dealkylation sites (tertiary alicyclic amines) is 1. The Bertz CT molecular complexity index is 954. The molecule has 1 fully saturated rings. The van der Waals surface area contributed by atoms with Crippen molar-refractivity contribution in [2.24, 2.45) is 0 Å². The fourth-order valence-corrected chi connectivity index (χ4v) is 3.66. The van der Waals surface area contributed by atoms with Crippen molar-refractivity contribution in [3.63, 3.8) is 0 Å². The van der Waals surface area contributed by atoms with Crippen LogP contribution in [-0.4, -0.2) is 48.6 Å². The number of halogens is 1. The van der Waals surface area contributed by atoms with Crippen LogP contribution in [0.1, 0.15) is 30.5 Å². The van der Waals surface area contributed by atoms with Crippen LogP contribution >= 0.6 is 15.9 Å². The number of carbonyl (C=O) groups is 2. The summed E-state index contributed by atoms with van der Waals surface area (Å²) < 4.78 is 11.6. The normalized spacial score (nSPS) is 18.1. The lowest BCUT2D eigenvalue weighted by Gasteiger charge is -2.25. The predicted octanol–water partition coefficient (Wildman–Crippen LogP) is 4.31. The van der Waals surface area contributed by atoms with Crippen molar-refractivity contribution in [3.05, 3.63) is 69.7 Å². The highest BCUT2D eigenvalue weighted by Gasteiger charge is 2.45. The van der Waals surface area contributed by atoms with E-state index in [1.54, 1.807) is 24.3 Å². The topological polar surface area (TPSA) is 76.1 Å². The van der Waals surface area contributed by atoms with E-state index in [4.69, 9.17) is 9.47 Å². The monoisotopic (exact) mass is 473 g/mol. The highest BCUT2D eigenvalue weighted by atomic mass is 79.9. The van der Waals surface area contributed by atoms with E-state index < -0.39 is 17.7 Å². The summed E-state index contributed by atoms with van der Waals surface area (Å²) in [5.74, 6) is -0.992. The first-order valence-corrected chi connectivity index (χ1v) is 10.5. The molecule has 0 aliphatic carbocycles. The minimum Gasteiger partial charge on any atom is -0.507 e. The van der Waals surface area contributed by atoms with Gasteiger partial charge in [-0.05, 0) is 36.2 Å². The van der Waals surface area contributed by atoms with Crippen LogP contribution in [0.4, 0.5) is 0 Å². The van der Waals surface area contributed by atoms with Gasteiger partial charge in [0.25, 0.3) is 11.7 Å². The number of hydrogen-bond acceptors (Lipinski definition) is 5. The average molecular weight is 474 g/mol. The second-order valence-electron chi connectivity index (χ2n) is 6.91. The van der Waals surface area contributed by atoms with Crippen LogP contribution in [0.25, 0.3) is 5.76 Å². The number of methoxy groups -OCH3 is 1. The van der Waals surface area contributed by atoms with E-state index >= 15 is 0 Å². The van der Waals surface area contributed by atoms with E-state index in [1.165, 1.54) is 12.0 Å². The highest BCUT2D eigenvalue weighted by molar-refractivity contribution is 9.10. The zero-order valence-corrected chi connectivity index (χ0v) is 18.5. The second kappa shape index (κ2) is 9.91. The molecule has 0 bridgehead atoms. The highest BCUT2D eigenvalue weighted by Crippen LogP contribution is 2.39. The number of carbonyl (C=O) groups excluding carboxylic acids is 2. The number of ketones is 1. The van der Waals surface area contributed by atoms with Gasteiger partial charge in [0.2, 0.25) is 0 Å². The van der Waals surface area contributed by atoms with E-state index in [0.717, 1.165) is 16.5 Å². The van der Waals surface area contributed by atoms with Crippen LogP contribution < -0.4 is 4.74 Å². The Morgan fingerprint density at radius 1 is 1.13 bits per heavy atom. The summed E-state index contributed by atoms with van der Waals surface area (Å²) in [4.78, 5) is 27.1. The molecular weight excluding hydrogens is 450 g/mol. The number of nitrogens with zero attached hydrogens (tertiary/aromatic N) is 1. The van der Waals surface area contributed by atoms with Crippen LogP contribution in [0, 0.1) is 0 Å². The molecule has 1 amide bonds. The molecule has 1 aliphatic heterocycles. The Hall–Kier alpha value is -2.64. The van der Waals surface area contributed by atoms with Crippen LogP contribution in [0.15, 0.2) is 58.6 Å². The summed E-state index contributed by atoms with van der Waals surface area (Å²) in [6.07, 6.45) is 0.852. The van der Waals surface area contributed by atoms with Gasteiger partial charge in [-0.2, -0.15) is 0 Å². The smallest absolute Gasteiger partial charge is 0.295 e. The van der Waals surface area contributed by atoms with Crippen molar-refractivity contribution < 1.29 is 24.2 Å². The lowest BCUT2D eigenvalue weighted by Crippen LogP contribution is -2.32. The van der Waals surface area contributed by atoms with Gasteiger partial charge in [0.05, 0.1) is 24.8 Å². The number of hydrogen-bond donors (Lipinski definition) is 1. The first kappa shape index (κ1) is 22.1. The molecule has 2 aromatic carbocycles. The molecule has 1 heterocycles. The number of aliphatic hydroxyl groups excluding tert-OH is 1. The predicted molar refractivity (Wildman–Crippen MR) is 117 cm³/mol. The van der Waals surface area contributed by atoms with Crippen molar-refractivity contribution in [3.8, 4) is 5.75 Å². The van der Waals surface area contributed by atoms with Gasteiger partial charge >= 0.3 is 0 Å². The molecule has 2 aromatic rings. The maximum Gasteiger partial charge on any atom is 0.295 e. The van der Waals surface area contributed by atoms with Crippen molar-refractivity contribution in [1.82, 2.24) is 4.90 Å². The Morgan fingerprint density at radius 2 is 1.87 bits per heavy atom. The van der Waals surface area contributed by atoms with Crippen molar-refractivity contribution in [1.29, 1.82) is 0 Å². The maximum atomic E-state index is 12.9. The summed E-state index contributed by atoms with van der Waals surface area (Å²) in [6, 6.07) is 13.5. The Balaban J connectivity index is 2.10. The Labute approximate surface area is 184 Å². The fraction of sp³-hybridized carbons (Fsp3) is 0.304. The van der Waals surface area contributed by atoms with Gasteiger partial charge in [-0.3, -0.25) is 9.59 Å². The molecule has 1 aliphatic rings. The summed E-state index contributed by atoms with van der Waals surface area (Å²) in [7, 11) is 1.53. The van der Waals surface area contributed by atoms with Crippen molar-refractivity contribution >= 4 is 33.4 Å². The van der Waals surface area contributed by atoms with Gasteiger partial charge in [0.1, 0.15) is 11.5 Å². The van der Waals surface area contributed by atoms with E-state index in [2.05, 4.69) is 15.9 Å². The minimum atomic E-state index is -0.712. The number of amides is 1. The van der Waals surface area contributed by atoms with Gasteiger partial charge < -0.3 is 19.5 Å². The van der Waals surface area contributed by atoms with E-state index in [-0.39, 0.29) is 24.5 Å². The third-order valence-corrected chi connectivity index (χ3v) is 5.37. The molecule has 1 N–H and O–H groups in total. The standard InChI is InChI=1S/C23H24BrNO5/c1-3-12-30-18-6-4-5-16(14-18)21(26)19-20(15-7-9-17(24)10-8-15)25(11-13-29-2)23(28)22(19)27/h4-10,14,20,26H,3,11-13H2,1-2H3/b21-19+. The van der Waals surface area contributed by atoms with Crippen LogP contribution in [0.2, 0.25) is 0 Å². The number of benzene rings is 2. The largest absolute Gasteiger partial charge is 0.507 e. The molecule has 0 saturated carbocycles. The molecule has 6 nitrogen and oxygen atoms in total. The molecule has 1 unspecified atom stereocenters. The average Bonchev–Trinajstić information content (AvgIpc) is 3.01. The van der Waals surface area contributed by atoms with Crippen LogP contribution in [0.5, 0.6) is 5.75 Å². The van der Waals surface area contributed by atoms with Gasteiger partial charge in [-0.1, -0.05) is 47.1 Å². The van der Waals surface area contributed by atoms with Gasteiger partial charge in [-0.25, -0.2) is 0 Å². The van der Waals surface area contributed by atoms with Gasteiger partial charge in [0, 0.05) is 23.7 Å². The van der Waals surface area contributed by atoms with E-state index in [0.29, 0.717) is 17.9 Å². The fourth-order valence-electron chi connectivity index (χ4n) is 3.40. The third-order valence-electron chi connectivity index (χ3n) is 4.84. The lowest BCUT2D eigenvalue weighted by molar-refractivity contribution is -0.140. The molecule has 0 aromatic heterocycles. The zero-order valence-electron chi connectivity index (χ0n) is 16.9. The quantitative estimate of drug-likeness (QED) is 0.351. The van der Waals surface area contributed by atoms with Crippen LogP contribution in [-0.2, 0) is 14.3 Å². The van der Waals surface area contributed by atoms with Crippen molar-refractivity contribution in [2.45, 2.75) is 19.4 Å². The SMILES string of the molecule is CCCOc1cccc(/C(O)=C2\C(=O)C(=O)N(CCOC)C2c2ccc(Br)cc2)c1. The van der Waals surface area contributed by atoms with Gasteiger partial charge in [-0.15, -0.1) is 0 Å². The number of ether oxygens (including phenoxy) is 2. The first-order chi connectivity index (χ1) is 14.5. The summed E-state index contributed by atoms with van der Waals surface area (Å²) in [5, 5.41) is 11.1. The summed E-state index contributed by atoms with van der Waals surface area (Å²) >= 11 is 3.40.